The molecule has 0 saturated carbocycles. The molecule has 0 bridgehead atoms. The van der Waals surface area contributed by atoms with Crippen molar-refractivity contribution in [2.75, 3.05) is 23.7 Å². The molecule has 0 radical (unpaired) electrons. The first kappa shape index (κ1) is 27.2. The highest BCUT2D eigenvalue weighted by Gasteiger charge is 2.31. The quantitative estimate of drug-likeness (QED) is 0.519. The van der Waals surface area contributed by atoms with E-state index in [9.17, 15) is 26.8 Å². The van der Waals surface area contributed by atoms with E-state index in [0.29, 0.717) is 17.1 Å². The van der Waals surface area contributed by atoms with Crippen LogP contribution in [0.4, 0.5) is 14.5 Å². The molecular weight excluding hydrogens is 464 g/mol. The number of carbonyl (C=O) groups excluding carboxylic acids is 2. The van der Waals surface area contributed by atoms with Crippen molar-refractivity contribution in [1.82, 2.24) is 10.2 Å². The van der Waals surface area contributed by atoms with Gasteiger partial charge in [0.25, 0.3) is 0 Å². The van der Waals surface area contributed by atoms with Crippen molar-refractivity contribution in [3.63, 3.8) is 0 Å². The first-order valence-electron chi connectivity index (χ1n) is 11.0. The lowest BCUT2D eigenvalue weighted by Crippen LogP contribution is -2.54. The summed E-state index contributed by atoms with van der Waals surface area (Å²) in [6, 6.07) is 11.0. The Balaban J connectivity index is 2.38. The van der Waals surface area contributed by atoms with Gasteiger partial charge >= 0.3 is 0 Å². The molecule has 0 aliphatic heterocycles. The van der Waals surface area contributed by atoms with Crippen LogP contribution in [-0.2, 0) is 26.0 Å². The van der Waals surface area contributed by atoms with E-state index in [1.807, 2.05) is 30.3 Å². The minimum Gasteiger partial charge on any atom is -0.352 e. The molecule has 0 heterocycles. The molecule has 0 spiro atoms. The lowest BCUT2D eigenvalue weighted by Gasteiger charge is -2.33. The summed E-state index contributed by atoms with van der Waals surface area (Å²) in [6.45, 7) is 4.87. The molecule has 7 nitrogen and oxygen atoms in total. The molecule has 2 amide bonds. The van der Waals surface area contributed by atoms with Crippen LogP contribution in [0.25, 0.3) is 0 Å². The van der Waals surface area contributed by atoms with E-state index in [1.165, 1.54) is 4.90 Å². The second-order valence-electron chi connectivity index (χ2n) is 8.28. The maximum atomic E-state index is 13.8. The van der Waals surface area contributed by atoms with Gasteiger partial charge < -0.3 is 10.2 Å². The average Bonchev–Trinajstić information content (AvgIpc) is 2.76. The lowest BCUT2D eigenvalue weighted by atomic mass is 10.1. The van der Waals surface area contributed by atoms with Crippen molar-refractivity contribution >= 4 is 27.5 Å². The third-order valence-electron chi connectivity index (χ3n) is 5.17. The Morgan fingerprint density at radius 3 is 2.21 bits per heavy atom. The highest BCUT2D eigenvalue weighted by molar-refractivity contribution is 7.92. The fraction of sp³-hybridized carbons (Fsp3) is 0.417. The maximum absolute atomic E-state index is 13.8. The fourth-order valence-corrected chi connectivity index (χ4v) is 4.37. The van der Waals surface area contributed by atoms with Gasteiger partial charge in [-0.05, 0) is 44.4 Å². The van der Waals surface area contributed by atoms with Crippen LogP contribution in [0.1, 0.15) is 32.8 Å². The molecular formula is C24H31F2N3O4S. The molecule has 2 aromatic carbocycles. The van der Waals surface area contributed by atoms with Crippen molar-refractivity contribution in [2.24, 2.45) is 0 Å². The second kappa shape index (κ2) is 11.9. The zero-order valence-corrected chi connectivity index (χ0v) is 20.6. The van der Waals surface area contributed by atoms with E-state index in [0.717, 1.165) is 30.0 Å². The summed E-state index contributed by atoms with van der Waals surface area (Å²) < 4.78 is 52.8. The van der Waals surface area contributed by atoms with Crippen LogP contribution in [0.2, 0.25) is 0 Å². The van der Waals surface area contributed by atoms with E-state index >= 15 is 0 Å². The van der Waals surface area contributed by atoms with Crippen LogP contribution < -0.4 is 9.62 Å². The highest BCUT2D eigenvalue weighted by atomic mass is 32.2. The third kappa shape index (κ3) is 7.51. The predicted octanol–water partition coefficient (Wildman–Crippen LogP) is 3.11. The van der Waals surface area contributed by atoms with E-state index in [4.69, 9.17) is 0 Å². The molecule has 2 aromatic rings. The largest absolute Gasteiger partial charge is 0.352 e. The zero-order valence-electron chi connectivity index (χ0n) is 19.8. The number of carbonyl (C=O) groups is 2. The van der Waals surface area contributed by atoms with Gasteiger partial charge in [0, 0.05) is 18.7 Å². The van der Waals surface area contributed by atoms with Gasteiger partial charge in [0.1, 0.15) is 12.6 Å². The minimum absolute atomic E-state index is 0.151. The molecule has 0 fully saturated rings. The standard InChI is InChI=1S/C24H31F2N3O4S/c1-5-22(24(31)27-17(2)3)28(14-13-18-9-7-6-8-10-18)23(30)16-29(34(4,32)33)19-11-12-20(25)21(26)15-19/h6-12,15,17,22H,5,13-14,16H2,1-4H3,(H,27,31)/t22-/m0/s1. The number of nitrogens with one attached hydrogen (secondary N) is 1. The molecule has 1 N–H and O–H groups in total. The number of hydrogen-bond donors (Lipinski definition) is 1. The van der Waals surface area contributed by atoms with Gasteiger partial charge in [-0.15, -0.1) is 0 Å². The van der Waals surface area contributed by atoms with E-state index in [2.05, 4.69) is 5.32 Å². The van der Waals surface area contributed by atoms with Crippen LogP contribution in [0.3, 0.4) is 0 Å². The first-order valence-corrected chi connectivity index (χ1v) is 12.8. The van der Waals surface area contributed by atoms with Crippen LogP contribution in [-0.4, -0.2) is 56.6 Å². The molecule has 2 rings (SSSR count). The van der Waals surface area contributed by atoms with Gasteiger partial charge in [0.05, 0.1) is 11.9 Å². The summed E-state index contributed by atoms with van der Waals surface area (Å²) in [6.07, 6.45) is 1.63. The monoisotopic (exact) mass is 495 g/mol. The topological polar surface area (TPSA) is 86.8 Å². The van der Waals surface area contributed by atoms with Gasteiger partial charge in [0.15, 0.2) is 11.6 Å². The summed E-state index contributed by atoms with van der Waals surface area (Å²) >= 11 is 0. The van der Waals surface area contributed by atoms with E-state index in [1.54, 1.807) is 20.8 Å². The van der Waals surface area contributed by atoms with Gasteiger partial charge in [-0.2, -0.15) is 0 Å². The van der Waals surface area contributed by atoms with Crippen molar-refractivity contribution in [1.29, 1.82) is 0 Å². The number of rotatable bonds is 11. The molecule has 0 unspecified atom stereocenters. The number of amides is 2. The first-order chi connectivity index (χ1) is 15.9. The highest BCUT2D eigenvalue weighted by Crippen LogP contribution is 2.21. The van der Waals surface area contributed by atoms with Crippen LogP contribution in [0, 0.1) is 11.6 Å². The van der Waals surface area contributed by atoms with Gasteiger partial charge in [-0.25, -0.2) is 17.2 Å². The van der Waals surface area contributed by atoms with Crippen LogP contribution in [0.5, 0.6) is 0 Å². The Kier molecular flexibility index (Phi) is 9.55. The number of sulfonamides is 1. The normalized spacial score (nSPS) is 12.3. The van der Waals surface area contributed by atoms with Crippen molar-refractivity contribution in [3.05, 3.63) is 65.7 Å². The molecule has 1 atom stereocenters. The maximum Gasteiger partial charge on any atom is 0.244 e. The predicted molar refractivity (Wildman–Crippen MR) is 128 cm³/mol. The van der Waals surface area contributed by atoms with Gasteiger partial charge in [0.2, 0.25) is 21.8 Å². The van der Waals surface area contributed by atoms with Crippen molar-refractivity contribution in [2.45, 2.75) is 45.7 Å². The Morgan fingerprint density at radius 1 is 1.03 bits per heavy atom. The lowest BCUT2D eigenvalue weighted by molar-refractivity contribution is -0.139. The summed E-state index contributed by atoms with van der Waals surface area (Å²) in [4.78, 5) is 27.6. The average molecular weight is 496 g/mol. The Labute approximate surface area is 199 Å². The van der Waals surface area contributed by atoms with Crippen molar-refractivity contribution < 1.29 is 26.8 Å². The number of halogens is 2. The Morgan fingerprint density at radius 2 is 1.68 bits per heavy atom. The van der Waals surface area contributed by atoms with E-state index in [-0.39, 0.29) is 24.2 Å². The molecule has 0 aliphatic carbocycles. The number of hydrogen-bond acceptors (Lipinski definition) is 4. The zero-order chi connectivity index (χ0) is 25.5. The smallest absolute Gasteiger partial charge is 0.244 e. The van der Waals surface area contributed by atoms with E-state index < -0.39 is 40.2 Å². The second-order valence-corrected chi connectivity index (χ2v) is 10.2. The number of nitrogens with zero attached hydrogens (tertiary/aromatic N) is 2. The summed E-state index contributed by atoms with van der Waals surface area (Å²) in [5, 5.41) is 2.80. The van der Waals surface area contributed by atoms with Gasteiger partial charge in [-0.3, -0.25) is 13.9 Å². The third-order valence-corrected chi connectivity index (χ3v) is 6.31. The van der Waals surface area contributed by atoms with Crippen LogP contribution in [0.15, 0.2) is 48.5 Å². The number of benzene rings is 2. The molecule has 34 heavy (non-hydrogen) atoms. The molecule has 0 aliphatic rings. The fourth-order valence-electron chi connectivity index (χ4n) is 3.53. The van der Waals surface area contributed by atoms with Crippen LogP contribution >= 0.6 is 0 Å². The molecule has 0 saturated heterocycles. The summed E-state index contributed by atoms with van der Waals surface area (Å²) in [5.74, 6) is -3.35. The number of anilines is 1. The van der Waals surface area contributed by atoms with Crippen molar-refractivity contribution in [3.8, 4) is 0 Å². The summed E-state index contributed by atoms with van der Waals surface area (Å²) in [7, 11) is -4.02. The molecule has 0 aromatic heterocycles. The van der Waals surface area contributed by atoms with Gasteiger partial charge in [-0.1, -0.05) is 37.3 Å². The summed E-state index contributed by atoms with van der Waals surface area (Å²) in [5.41, 5.74) is 0.762. The minimum atomic E-state index is -4.02. The Hall–Kier alpha value is -3.01. The Bertz CT molecular complexity index is 1090. The SMILES string of the molecule is CC[C@@H](C(=O)NC(C)C)N(CCc1ccccc1)C(=O)CN(c1ccc(F)c(F)c1)S(C)(=O)=O. The molecule has 10 heteroatoms. The molecule has 186 valence electrons.